The summed E-state index contributed by atoms with van der Waals surface area (Å²) in [5, 5.41) is 6.48. The summed E-state index contributed by atoms with van der Waals surface area (Å²) < 4.78 is 19.9. The number of halogens is 2. The molecule has 1 heterocycles. The molecule has 5 nitrogen and oxygen atoms in total. The van der Waals surface area contributed by atoms with Gasteiger partial charge in [0.2, 0.25) is 0 Å². The van der Waals surface area contributed by atoms with Gasteiger partial charge in [0.05, 0.1) is 19.8 Å². The zero-order valence-corrected chi connectivity index (χ0v) is 15.0. The monoisotopic (exact) mass is 386 g/mol. The normalized spacial score (nSPS) is 16.4. The molecule has 2 N–H and O–H groups in total. The van der Waals surface area contributed by atoms with Crippen LogP contribution in [0.2, 0.25) is 0 Å². The highest BCUT2D eigenvalue weighted by atomic mass is 79.9. The third kappa shape index (κ3) is 6.45. The first-order valence-corrected chi connectivity index (χ1v) is 8.74. The summed E-state index contributed by atoms with van der Waals surface area (Å²) in [6.07, 6.45) is 0. The molecule has 0 saturated carbocycles. The molecule has 0 unspecified atom stereocenters. The van der Waals surface area contributed by atoms with Crippen molar-refractivity contribution in [2.24, 2.45) is 4.99 Å². The summed E-state index contributed by atoms with van der Waals surface area (Å²) in [5.41, 5.74) is 0.574. The number of rotatable bonds is 6. The van der Waals surface area contributed by atoms with Gasteiger partial charge in [0.15, 0.2) is 5.96 Å². The molecule has 128 valence electrons. The first-order chi connectivity index (χ1) is 11.2. The largest absolute Gasteiger partial charge is 0.379 e. The lowest BCUT2D eigenvalue weighted by Crippen LogP contribution is -2.44. The van der Waals surface area contributed by atoms with Crippen LogP contribution in [0.15, 0.2) is 27.7 Å². The van der Waals surface area contributed by atoms with Crippen LogP contribution in [0, 0.1) is 5.82 Å². The van der Waals surface area contributed by atoms with Crippen molar-refractivity contribution in [1.82, 2.24) is 15.5 Å². The average Bonchev–Trinajstić information content (AvgIpc) is 2.56. The van der Waals surface area contributed by atoms with Crippen LogP contribution >= 0.6 is 15.9 Å². The quantitative estimate of drug-likeness (QED) is 0.579. The second-order valence-electron chi connectivity index (χ2n) is 5.31. The molecule has 1 saturated heterocycles. The minimum Gasteiger partial charge on any atom is -0.379 e. The van der Waals surface area contributed by atoms with E-state index in [2.05, 4.69) is 36.5 Å². The van der Waals surface area contributed by atoms with E-state index in [1.165, 1.54) is 6.07 Å². The molecule has 23 heavy (non-hydrogen) atoms. The molecule has 0 radical (unpaired) electrons. The van der Waals surface area contributed by atoms with Crippen molar-refractivity contribution in [1.29, 1.82) is 0 Å². The van der Waals surface area contributed by atoms with Crippen molar-refractivity contribution in [2.75, 3.05) is 45.9 Å². The van der Waals surface area contributed by atoms with Gasteiger partial charge in [0.1, 0.15) is 5.82 Å². The van der Waals surface area contributed by atoms with Crippen LogP contribution in [-0.2, 0) is 11.3 Å². The predicted molar refractivity (Wildman–Crippen MR) is 94.2 cm³/mol. The number of guanidine groups is 1. The summed E-state index contributed by atoms with van der Waals surface area (Å²) in [6.45, 7) is 8.37. The molecule has 1 fully saturated rings. The van der Waals surface area contributed by atoms with E-state index in [9.17, 15) is 4.39 Å². The Morgan fingerprint density at radius 3 is 2.87 bits per heavy atom. The second-order valence-corrected chi connectivity index (χ2v) is 6.23. The van der Waals surface area contributed by atoms with Gasteiger partial charge in [-0.3, -0.25) is 4.90 Å². The minimum absolute atomic E-state index is 0.235. The van der Waals surface area contributed by atoms with Crippen LogP contribution in [0.4, 0.5) is 4.39 Å². The van der Waals surface area contributed by atoms with Crippen LogP contribution in [0.1, 0.15) is 12.5 Å². The average molecular weight is 387 g/mol. The lowest BCUT2D eigenvalue weighted by atomic mass is 10.2. The fourth-order valence-electron chi connectivity index (χ4n) is 2.33. The highest BCUT2D eigenvalue weighted by molar-refractivity contribution is 9.10. The zero-order valence-electron chi connectivity index (χ0n) is 13.4. The van der Waals surface area contributed by atoms with Gasteiger partial charge in [-0.25, -0.2) is 9.38 Å². The van der Waals surface area contributed by atoms with Gasteiger partial charge in [0.25, 0.3) is 0 Å². The fourth-order valence-corrected chi connectivity index (χ4v) is 2.74. The van der Waals surface area contributed by atoms with Crippen LogP contribution in [0.5, 0.6) is 0 Å². The van der Waals surface area contributed by atoms with Crippen LogP contribution in [-0.4, -0.2) is 56.8 Å². The number of nitrogens with zero attached hydrogens (tertiary/aromatic N) is 2. The Hall–Kier alpha value is -1.18. The van der Waals surface area contributed by atoms with Crippen LogP contribution < -0.4 is 10.6 Å². The molecule has 0 spiro atoms. The Balaban J connectivity index is 1.85. The maximum absolute atomic E-state index is 13.8. The number of nitrogens with one attached hydrogen (secondary N) is 2. The molecule has 2 rings (SSSR count). The van der Waals surface area contributed by atoms with Crippen molar-refractivity contribution < 1.29 is 9.13 Å². The number of hydrogen-bond donors (Lipinski definition) is 2. The van der Waals surface area contributed by atoms with Crippen molar-refractivity contribution in [2.45, 2.75) is 13.5 Å². The standard InChI is InChI=1S/C16H24BrFN4O/c1-2-19-16(20-5-6-22-7-9-23-10-8-22)21-12-13-11-14(17)3-4-15(13)18/h3-4,11H,2,5-10,12H2,1H3,(H2,19,20,21). The molecule has 0 atom stereocenters. The lowest BCUT2D eigenvalue weighted by molar-refractivity contribution is 0.0389. The first-order valence-electron chi connectivity index (χ1n) is 7.95. The molecule has 0 aliphatic carbocycles. The van der Waals surface area contributed by atoms with Crippen molar-refractivity contribution in [3.05, 3.63) is 34.1 Å². The molecule has 1 aromatic rings. The molecule has 1 aliphatic rings. The smallest absolute Gasteiger partial charge is 0.191 e. The molecule has 0 bridgehead atoms. The number of ether oxygens (including phenoxy) is 1. The van der Waals surface area contributed by atoms with E-state index in [0.717, 1.165) is 50.4 Å². The number of benzene rings is 1. The molecule has 1 aliphatic heterocycles. The topological polar surface area (TPSA) is 48.9 Å². The molecule has 7 heteroatoms. The molecule has 1 aromatic carbocycles. The van der Waals surface area contributed by atoms with E-state index in [4.69, 9.17) is 4.74 Å². The second kappa shape index (κ2) is 9.85. The molecule has 0 aromatic heterocycles. The highest BCUT2D eigenvalue weighted by Crippen LogP contribution is 2.16. The summed E-state index contributed by atoms with van der Waals surface area (Å²) in [6, 6.07) is 4.90. The SMILES string of the molecule is CCNC(=NCc1cc(Br)ccc1F)NCCN1CCOCC1. The van der Waals surface area contributed by atoms with E-state index in [-0.39, 0.29) is 5.82 Å². The van der Waals surface area contributed by atoms with E-state index >= 15 is 0 Å². The summed E-state index contributed by atoms with van der Waals surface area (Å²) in [5.74, 6) is 0.473. The van der Waals surface area contributed by atoms with E-state index < -0.39 is 0 Å². The number of hydrogen-bond acceptors (Lipinski definition) is 3. The Kier molecular flexibility index (Phi) is 7.78. The third-order valence-corrected chi connectivity index (χ3v) is 4.08. The Bertz CT molecular complexity index is 521. The van der Waals surface area contributed by atoms with Crippen LogP contribution in [0.25, 0.3) is 0 Å². The van der Waals surface area contributed by atoms with Gasteiger partial charge in [0, 0.05) is 42.8 Å². The predicted octanol–water partition coefficient (Wildman–Crippen LogP) is 1.98. The summed E-state index contributed by atoms with van der Waals surface area (Å²) >= 11 is 3.36. The van der Waals surface area contributed by atoms with E-state index in [0.29, 0.717) is 18.1 Å². The fraction of sp³-hybridized carbons (Fsp3) is 0.562. The molecular formula is C16H24BrFN4O. The molecule has 0 amide bonds. The lowest BCUT2D eigenvalue weighted by Gasteiger charge is -2.26. The van der Waals surface area contributed by atoms with Gasteiger partial charge in [-0.05, 0) is 25.1 Å². The Morgan fingerprint density at radius 1 is 1.35 bits per heavy atom. The van der Waals surface area contributed by atoms with E-state index in [1.54, 1.807) is 12.1 Å². The maximum Gasteiger partial charge on any atom is 0.191 e. The van der Waals surface area contributed by atoms with Crippen molar-refractivity contribution >= 4 is 21.9 Å². The minimum atomic E-state index is -0.235. The number of morpholine rings is 1. The van der Waals surface area contributed by atoms with Gasteiger partial charge in [-0.15, -0.1) is 0 Å². The zero-order chi connectivity index (χ0) is 16.5. The maximum atomic E-state index is 13.8. The summed E-state index contributed by atoms with van der Waals surface area (Å²) in [7, 11) is 0. The van der Waals surface area contributed by atoms with Crippen molar-refractivity contribution in [3.63, 3.8) is 0 Å². The Labute approximate surface area is 145 Å². The van der Waals surface area contributed by atoms with Gasteiger partial charge in [-0.2, -0.15) is 0 Å². The first kappa shape index (κ1) is 18.2. The van der Waals surface area contributed by atoms with E-state index in [1.807, 2.05) is 6.92 Å². The molecular weight excluding hydrogens is 363 g/mol. The highest BCUT2D eigenvalue weighted by Gasteiger charge is 2.09. The number of aliphatic imine (C=N–C) groups is 1. The van der Waals surface area contributed by atoms with Gasteiger partial charge < -0.3 is 15.4 Å². The van der Waals surface area contributed by atoms with Gasteiger partial charge >= 0.3 is 0 Å². The van der Waals surface area contributed by atoms with Gasteiger partial charge in [-0.1, -0.05) is 15.9 Å². The third-order valence-electron chi connectivity index (χ3n) is 3.58. The Morgan fingerprint density at radius 2 is 2.13 bits per heavy atom. The van der Waals surface area contributed by atoms with Crippen molar-refractivity contribution in [3.8, 4) is 0 Å². The van der Waals surface area contributed by atoms with Crippen LogP contribution in [0.3, 0.4) is 0 Å². The summed E-state index contributed by atoms with van der Waals surface area (Å²) in [4.78, 5) is 6.81.